The summed E-state index contributed by atoms with van der Waals surface area (Å²) in [5.41, 5.74) is 0.312. The van der Waals surface area contributed by atoms with E-state index in [4.69, 9.17) is 11.6 Å². The zero-order chi connectivity index (χ0) is 12.9. The Morgan fingerprint density at radius 2 is 1.94 bits per heavy atom. The van der Waals surface area contributed by atoms with E-state index in [2.05, 4.69) is 45.1 Å². The minimum absolute atomic E-state index is 0.223. The Bertz CT molecular complexity index is 327. The van der Waals surface area contributed by atoms with Crippen LogP contribution in [0.2, 0.25) is 0 Å². The molecule has 1 atom stereocenters. The maximum Gasteiger partial charge on any atom is 0.0465 e. The molecule has 0 saturated heterocycles. The van der Waals surface area contributed by atoms with Gasteiger partial charge in [0, 0.05) is 28.2 Å². The summed E-state index contributed by atoms with van der Waals surface area (Å²) in [5, 5.41) is 3.66. The maximum atomic E-state index is 6.31. The van der Waals surface area contributed by atoms with Crippen molar-refractivity contribution in [2.45, 2.75) is 52.5 Å². The molecule has 0 aliphatic rings. The lowest BCUT2D eigenvalue weighted by molar-refractivity contribution is 0.365. The molecule has 0 aliphatic carbocycles. The van der Waals surface area contributed by atoms with E-state index in [0.717, 1.165) is 25.9 Å². The van der Waals surface area contributed by atoms with Crippen LogP contribution in [0.3, 0.4) is 0 Å². The summed E-state index contributed by atoms with van der Waals surface area (Å²) in [4.78, 5) is 2.86. The Hall–Kier alpha value is -0.0500. The van der Waals surface area contributed by atoms with Crippen molar-refractivity contribution in [3.05, 3.63) is 21.9 Å². The lowest BCUT2D eigenvalue weighted by Crippen LogP contribution is -2.26. The van der Waals surface area contributed by atoms with E-state index >= 15 is 0 Å². The summed E-state index contributed by atoms with van der Waals surface area (Å²) in [6.07, 6.45) is 2.18. The molecular weight excluding hydrogens is 250 g/mol. The molecule has 0 fully saturated rings. The predicted molar refractivity (Wildman–Crippen MR) is 79.1 cm³/mol. The number of thiophene rings is 1. The SMILES string of the molecule is CCc1ccc(CNCC(Cl)CC(C)(C)C)s1. The van der Waals surface area contributed by atoms with Gasteiger partial charge in [-0.3, -0.25) is 0 Å². The van der Waals surface area contributed by atoms with Gasteiger partial charge in [0.2, 0.25) is 0 Å². The van der Waals surface area contributed by atoms with Crippen LogP contribution in [0.5, 0.6) is 0 Å². The number of hydrogen-bond acceptors (Lipinski definition) is 2. The summed E-state index contributed by atoms with van der Waals surface area (Å²) in [6, 6.07) is 4.43. The molecule has 0 spiro atoms. The minimum Gasteiger partial charge on any atom is -0.310 e. The molecule has 0 bridgehead atoms. The van der Waals surface area contributed by atoms with E-state index in [1.54, 1.807) is 0 Å². The molecule has 0 radical (unpaired) electrons. The number of alkyl halides is 1. The van der Waals surface area contributed by atoms with Gasteiger partial charge < -0.3 is 5.32 Å². The minimum atomic E-state index is 0.223. The molecule has 1 aromatic heterocycles. The Kier molecular flexibility index (Phi) is 5.98. The molecule has 1 nitrogen and oxygen atoms in total. The highest BCUT2D eigenvalue weighted by molar-refractivity contribution is 7.11. The van der Waals surface area contributed by atoms with Crippen LogP contribution >= 0.6 is 22.9 Å². The quantitative estimate of drug-likeness (QED) is 0.756. The van der Waals surface area contributed by atoms with Gasteiger partial charge in [-0.2, -0.15) is 0 Å². The van der Waals surface area contributed by atoms with Gasteiger partial charge in [0.15, 0.2) is 0 Å². The zero-order valence-electron chi connectivity index (χ0n) is 11.3. The van der Waals surface area contributed by atoms with Gasteiger partial charge in [-0.25, -0.2) is 0 Å². The first-order valence-corrected chi connectivity index (χ1v) is 7.58. The molecule has 98 valence electrons. The molecule has 17 heavy (non-hydrogen) atoms. The topological polar surface area (TPSA) is 12.0 Å². The molecule has 1 heterocycles. The van der Waals surface area contributed by atoms with E-state index in [0.29, 0.717) is 5.41 Å². The summed E-state index contributed by atoms with van der Waals surface area (Å²) >= 11 is 8.20. The van der Waals surface area contributed by atoms with Gasteiger partial charge in [-0.05, 0) is 30.4 Å². The van der Waals surface area contributed by atoms with Crippen molar-refractivity contribution in [1.82, 2.24) is 5.32 Å². The largest absolute Gasteiger partial charge is 0.310 e. The van der Waals surface area contributed by atoms with Crippen LogP contribution in [-0.4, -0.2) is 11.9 Å². The summed E-state index contributed by atoms with van der Waals surface area (Å²) in [5.74, 6) is 0. The van der Waals surface area contributed by atoms with Crippen molar-refractivity contribution in [2.75, 3.05) is 6.54 Å². The summed E-state index contributed by atoms with van der Waals surface area (Å²) in [7, 11) is 0. The molecule has 0 amide bonds. The van der Waals surface area contributed by atoms with Crippen LogP contribution in [0.15, 0.2) is 12.1 Å². The average molecular weight is 274 g/mol. The summed E-state index contributed by atoms with van der Waals surface area (Å²) < 4.78 is 0. The van der Waals surface area contributed by atoms with Gasteiger partial charge >= 0.3 is 0 Å². The van der Waals surface area contributed by atoms with Crippen molar-refractivity contribution >= 4 is 22.9 Å². The third-order valence-corrected chi connectivity index (χ3v) is 4.10. The number of rotatable bonds is 6. The second-order valence-corrected chi connectivity index (χ2v) is 7.58. The lowest BCUT2D eigenvalue weighted by Gasteiger charge is -2.21. The average Bonchev–Trinajstić information content (AvgIpc) is 2.63. The van der Waals surface area contributed by atoms with Gasteiger partial charge in [0.25, 0.3) is 0 Å². The van der Waals surface area contributed by atoms with E-state index in [9.17, 15) is 0 Å². The number of halogens is 1. The van der Waals surface area contributed by atoms with Crippen LogP contribution in [0.25, 0.3) is 0 Å². The second kappa shape index (κ2) is 6.77. The number of aryl methyl sites for hydroxylation is 1. The van der Waals surface area contributed by atoms with Gasteiger partial charge in [-0.15, -0.1) is 22.9 Å². The Labute approximate surface area is 115 Å². The van der Waals surface area contributed by atoms with E-state index in [-0.39, 0.29) is 5.38 Å². The highest BCUT2D eigenvalue weighted by atomic mass is 35.5. The standard InChI is InChI=1S/C14H24ClNS/c1-5-12-6-7-13(17-12)10-16-9-11(15)8-14(2,3)4/h6-7,11,16H,5,8-10H2,1-4H3. The first kappa shape index (κ1) is 15.0. The molecule has 0 aromatic carbocycles. The smallest absolute Gasteiger partial charge is 0.0465 e. The van der Waals surface area contributed by atoms with Crippen molar-refractivity contribution in [3.8, 4) is 0 Å². The molecule has 1 aromatic rings. The van der Waals surface area contributed by atoms with Crippen LogP contribution in [0.1, 0.15) is 43.9 Å². The lowest BCUT2D eigenvalue weighted by atomic mass is 9.90. The van der Waals surface area contributed by atoms with Crippen molar-refractivity contribution in [1.29, 1.82) is 0 Å². The third kappa shape index (κ3) is 6.44. The monoisotopic (exact) mass is 273 g/mol. The fourth-order valence-electron chi connectivity index (χ4n) is 1.80. The molecule has 0 aliphatic heterocycles. The van der Waals surface area contributed by atoms with Crippen LogP contribution < -0.4 is 5.32 Å². The van der Waals surface area contributed by atoms with Crippen LogP contribution in [-0.2, 0) is 13.0 Å². The Balaban J connectivity index is 2.23. The highest BCUT2D eigenvalue weighted by Crippen LogP contribution is 2.23. The fraction of sp³-hybridized carbons (Fsp3) is 0.714. The van der Waals surface area contributed by atoms with Crippen molar-refractivity contribution in [3.63, 3.8) is 0 Å². The second-order valence-electron chi connectivity index (χ2n) is 5.71. The molecule has 1 unspecified atom stereocenters. The van der Waals surface area contributed by atoms with Crippen molar-refractivity contribution in [2.24, 2.45) is 5.41 Å². The Morgan fingerprint density at radius 3 is 2.47 bits per heavy atom. The van der Waals surface area contributed by atoms with Gasteiger partial charge in [0.1, 0.15) is 0 Å². The van der Waals surface area contributed by atoms with E-state index < -0.39 is 0 Å². The van der Waals surface area contributed by atoms with Gasteiger partial charge in [0.05, 0.1) is 0 Å². The van der Waals surface area contributed by atoms with Crippen LogP contribution in [0, 0.1) is 5.41 Å². The van der Waals surface area contributed by atoms with Crippen molar-refractivity contribution < 1.29 is 0 Å². The number of nitrogens with one attached hydrogen (secondary N) is 1. The fourth-order valence-corrected chi connectivity index (χ4v) is 3.30. The normalized spacial score (nSPS) is 13.9. The highest BCUT2D eigenvalue weighted by Gasteiger charge is 2.16. The van der Waals surface area contributed by atoms with E-state index in [1.807, 2.05) is 11.3 Å². The molecule has 1 N–H and O–H groups in total. The molecule has 1 rings (SSSR count). The third-order valence-electron chi connectivity index (χ3n) is 2.56. The van der Waals surface area contributed by atoms with Crippen LogP contribution in [0.4, 0.5) is 0 Å². The zero-order valence-corrected chi connectivity index (χ0v) is 12.9. The van der Waals surface area contributed by atoms with E-state index in [1.165, 1.54) is 9.75 Å². The first-order valence-electron chi connectivity index (χ1n) is 6.33. The number of hydrogen-bond donors (Lipinski definition) is 1. The van der Waals surface area contributed by atoms with Gasteiger partial charge in [-0.1, -0.05) is 27.7 Å². The first-order chi connectivity index (χ1) is 7.90. The molecule has 0 saturated carbocycles. The molecular formula is C14H24ClNS. The Morgan fingerprint density at radius 1 is 1.29 bits per heavy atom. The predicted octanol–water partition coefficient (Wildman–Crippen LogP) is 4.44. The summed E-state index contributed by atoms with van der Waals surface area (Å²) in [6.45, 7) is 10.7. The molecule has 3 heteroatoms. The maximum absolute atomic E-state index is 6.31.